The number of nitrogen functional groups attached to an aromatic ring is 1. The van der Waals surface area contributed by atoms with Crippen LogP contribution in [-0.2, 0) is 6.42 Å². The Kier molecular flexibility index (Phi) is 3.88. The molecule has 0 aromatic heterocycles. The van der Waals surface area contributed by atoms with Gasteiger partial charge in [-0.05, 0) is 67.8 Å². The number of hydrogen-bond acceptors (Lipinski definition) is 3. The van der Waals surface area contributed by atoms with Gasteiger partial charge in [0.15, 0.2) is 0 Å². The second kappa shape index (κ2) is 5.97. The van der Waals surface area contributed by atoms with Crippen LogP contribution in [0.15, 0.2) is 48.5 Å². The Morgan fingerprint density at radius 1 is 1.00 bits per heavy atom. The van der Waals surface area contributed by atoms with E-state index in [0.29, 0.717) is 6.04 Å². The summed E-state index contributed by atoms with van der Waals surface area (Å²) in [7, 11) is 0. The number of hydrogen-bond donors (Lipinski definition) is 2. The average Bonchev–Trinajstić information content (AvgIpc) is 2.96. The van der Waals surface area contributed by atoms with E-state index < -0.39 is 0 Å². The molecule has 1 fully saturated rings. The van der Waals surface area contributed by atoms with E-state index >= 15 is 0 Å². The molecule has 1 atom stereocenters. The maximum absolute atomic E-state index is 5.79. The van der Waals surface area contributed by atoms with Gasteiger partial charge in [0.05, 0.1) is 0 Å². The molecule has 0 spiro atoms. The molecule has 1 unspecified atom stereocenters. The Morgan fingerprint density at radius 2 is 1.65 bits per heavy atom. The first kappa shape index (κ1) is 13.0. The third-order valence-corrected chi connectivity index (χ3v) is 3.68. The molecule has 0 bridgehead atoms. The van der Waals surface area contributed by atoms with Gasteiger partial charge in [0.1, 0.15) is 11.5 Å². The van der Waals surface area contributed by atoms with Gasteiger partial charge in [-0.1, -0.05) is 12.1 Å². The molecule has 3 heteroatoms. The van der Waals surface area contributed by atoms with E-state index in [1.54, 1.807) is 0 Å². The van der Waals surface area contributed by atoms with Crippen LogP contribution in [-0.4, -0.2) is 12.6 Å². The number of nitrogens with one attached hydrogen (secondary N) is 1. The van der Waals surface area contributed by atoms with Crippen molar-refractivity contribution >= 4 is 5.69 Å². The summed E-state index contributed by atoms with van der Waals surface area (Å²) in [6, 6.07) is 16.4. The molecule has 104 valence electrons. The third-order valence-electron chi connectivity index (χ3n) is 3.68. The normalized spacial score (nSPS) is 18.1. The first-order valence-corrected chi connectivity index (χ1v) is 7.15. The highest BCUT2D eigenvalue weighted by Crippen LogP contribution is 2.23. The van der Waals surface area contributed by atoms with Gasteiger partial charge in [0.25, 0.3) is 0 Å². The molecule has 1 saturated heterocycles. The lowest BCUT2D eigenvalue weighted by atomic mass is 10.0. The Bertz CT molecular complexity index is 542. The zero-order valence-electron chi connectivity index (χ0n) is 11.5. The summed E-state index contributed by atoms with van der Waals surface area (Å²) >= 11 is 0. The molecule has 3 N–H and O–H groups in total. The molecule has 1 aliphatic rings. The van der Waals surface area contributed by atoms with Crippen LogP contribution in [0.3, 0.4) is 0 Å². The van der Waals surface area contributed by atoms with Crippen LogP contribution in [0.1, 0.15) is 18.4 Å². The van der Waals surface area contributed by atoms with Crippen molar-refractivity contribution < 1.29 is 4.74 Å². The van der Waals surface area contributed by atoms with Crippen molar-refractivity contribution in [3.8, 4) is 11.5 Å². The highest BCUT2D eigenvalue weighted by molar-refractivity contribution is 5.43. The van der Waals surface area contributed by atoms with Crippen LogP contribution in [0.4, 0.5) is 5.69 Å². The number of ether oxygens (including phenoxy) is 1. The van der Waals surface area contributed by atoms with Gasteiger partial charge >= 0.3 is 0 Å². The molecule has 0 saturated carbocycles. The van der Waals surface area contributed by atoms with Gasteiger partial charge in [0.2, 0.25) is 0 Å². The van der Waals surface area contributed by atoms with Gasteiger partial charge in [-0.15, -0.1) is 0 Å². The Balaban J connectivity index is 1.62. The van der Waals surface area contributed by atoms with Crippen molar-refractivity contribution in [1.29, 1.82) is 0 Å². The maximum Gasteiger partial charge on any atom is 0.127 e. The zero-order valence-corrected chi connectivity index (χ0v) is 11.5. The summed E-state index contributed by atoms with van der Waals surface area (Å²) in [6.07, 6.45) is 3.68. The second-order valence-electron chi connectivity index (χ2n) is 5.31. The summed E-state index contributed by atoms with van der Waals surface area (Å²) < 4.78 is 5.79. The first-order valence-electron chi connectivity index (χ1n) is 7.15. The topological polar surface area (TPSA) is 47.3 Å². The molecule has 2 aromatic rings. The summed E-state index contributed by atoms with van der Waals surface area (Å²) in [5, 5.41) is 3.52. The second-order valence-corrected chi connectivity index (χ2v) is 5.31. The largest absolute Gasteiger partial charge is 0.457 e. The molecule has 0 amide bonds. The monoisotopic (exact) mass is 268 g/mol. The van der Waals surface area contributed by atoms with Gasteiger partial charge in [-0.25, -0.2) is 0 Å². The van der Waals surface area contributed by atoms with Crippen LogP contribution in [0.2, 0.25) is 0 Å². The molecule has 3 rings (SSSR count). The fraction of sp³-hybridized carbons (Fsp3) is 0.294. The van der Waals surface area contributed by atoms with Crippen LogP contribution >= 0.6 is 0 Å². The van der Waals surface area contributed by atoms with Gasteiger partial charge < -0.3 is 15.8 Å². The van der Waals surface area contributed by atoms with E-state index in [1.165, 1.54) is 18.4 Å². The lowest BCUT2D eigenvalue weighted by Gasteiger charge is -2.11. The molecule has 0 aliphatic carbocycles. The summed E-state index contributed by atoms with van der Waals surface area (Å²) in [4.78, 5) is 0. The number of nitrogens with two attached hydrogens (primary N) is 1. The molecular formula is C17H20N2O. The van der Waals surface area contributed by atoms with E-state index in [2.05, 4.69) is 17.4 Å². The molecule has 20 heavy (non-hydrogen) atoms. The van der Waals surface area contributed by atoms with Crippen LogP contribution in [0, 0.1) is 0 Å². The molecule has 2 aromatic carbocycles. The Hall–Kier alpha value is -2.00. The quantitative estimate of drug-likeness (QED) is 0.836. The lowest BCUT2D eigenvalue weighted by Crippen LogP contribution is -2.23. The SMILES string of the molecule is Nc1ccc(Oc2ccc(CC3CCCN3)cc2)cc1. The minimum Gasteiger partial charge on any atom is -0.457 e. The van der Waals surface area contributed by atoms with Crippen molar-refractivity contribution in [1.82, 2.24) is 5.32 Å². The van der Waals surface area contributed by atoms with Crippen LogP contribution in [0.5, 0.6) is 11.5 Å². The average molecular weight is 268 g/mol. The molecule has 1 heterocycles. The minimum absolute atomic E-state index is 0.638. The predicted molar refractivity (Wildman–Crippen MR) is 82.1 cm³/mol. The fourth-order valence-corrected chi connectivity index (χ4v) is 2.58. The summed E-state index contributed by atoms with van der Waals surface area (Å²) in [5.74, 6) is 1.67. The Morgan fingerprint density at radius 3 is 2.25 bits per heavy atom. The predicted octanol–water partition coefficient (Wildman–Crippen LogP) is 3.36. The van der Waals surface area contributed by atoms with E-state index in [4.69, 9.17) is 10.5 Å². The maximum atomic E-state index is 5.79. The summed E-state index contributed by atoms with van der Waals surface area (Å²) in [6.45, 7) is 1.16. The number of anilines is 1. The van der Waals surface area contributed by atoms with Crippen molar-refractivity contribution in [2.45, 2.75) is 25.3 Å². The molecule has 1 aliphatic heterocycles. The summed E-state index contributed by atoms with van der Waals surface area (Å²) in [5.41, 5.74) is 7.76. The fourth-order valence-electron chi connectivity index (χ4n) is 2.58. The van der Waals surface area contributed by atoms with Crippen LogP contribution < -0.4 is 15.8 Å². The smallest absolute Gasteiger partial charge is 0.127 e. The van der Waals surface area contributed by atoms with E-state index in [0.717, 1.165) is 30.2 Å². The highest BCUT2D eigenvalue weighted by atomic mass is 16.5. The Labute approximate surface area is 119 Å². The zero-order chi connectivity index (χ0) is 13.8. The van der Waals surface area contributed by atoms with Crippen molar-refractivity contribution in [3.05, 3.63) is 54.1 Å². The molecular weight excluding hydrogens is 248 g/mol. The standard InChI is InChI=1S/C17H20N2O/c18-14-5-9-17(10-6-14)20-16-7-3-13(4-8-16)12-15-2-1-11-19-15/h3-10,15,19H,1-2,11-12,18H2. The highest BCUT2D eigenvalue weighted by Gasteiger charge is 2.14. The number of benzene rings is 2. The molecule has 3 nitrogen and oxygen atoms in total. The lowest BCUT2D eigenvalue weighted by molar-refractivity contribution is 0.482. The first-order chi connectivity index (χ1) is 9.79. The van der Waals surface area contributed by atoms with E-state index in [1.807, 2.05) is 36.4 Å². The van der Waals surface area contributed by atoms with E-state index in [-0.39, 0.29) is 0 Å². The third kappa shape index (κ3) is 3.31. The van der Waals surface area contributed by atoms with E-state index in [9.17, 15) is 0 Å². The van der Waals surface area contributed by atoms with Crippen molar-refractivity contribution in [3.63, 3.8) is 0 Å². The minimum atomic E-state index is 0.638. The van der Waals surface area contributed by atoms with Crippen LogP contribution in [0.25, 0.3) is 0 Å². The van der Waals surface area contributed by atoms with Gasteiger partial charge in [-0.3, -0.25) is 0 Å². The number of rotatable bonds is 4. The van der Waals surface area contributed by atoms with Gasteiger partial charge in [0, 0.05) is 11.7 Å². The van der Waals surface area contributed by atoms with Crippen molar-refractivity contribution in [2.75, 3.05) is 12.3 Å². The van der Waals surface area contributed by atoms with Crippen molar-refractivity contribution in [2.24, 2.45) is 0 Å². The van der Waals surface area contributed by atoms with Gasteiger partial charge in [-0.2, -0.15) is 0 Å². The molecule has 0 radical (unpaired) electrons.